The van der Waals surface area contributed by atoms with Gasteiger partial charge in [0.1, 0.15) is 17.4 Å². The lowest BCUT2D eigenvalue weighted by Gasteiger charge is -2.07. The fourth-order valence-electron chi connectivity index (χ4n) is 2.30. The van der Waals surface area contributed by atoms with Gasteiger partial charge in [-0.05, 0) is 48.4 Å². The number of halogens is 2. The Kier molecular flexibility index (Phi) is 8.19. The molecule has 0 aliphatic rings. The van der Waals surface area contributed by atoms with Gasteiger partial charge in [-0.1, -0.05) is 55.1 Å². The highest BCUT2D eigenvalue weighted by atomic mass is 35.5. The first-order chi connectivity index (χ1) is 13.0. The average Bonchev–Trinajstić information content (AvgIpc) is 2.66. The molecule has 0 saturated carbocycles. The van der Waals surface area contributed by atoms with Gasteiger partial charge in [-0.2, -0.15) is 5.26 Å². The van der Waals surface area contributed by atoms with Crippen LogP contribution in [0.25, 0.3) is 6.08 Å². The molecule has 0 aliphatic heterocycles. The standard InChI is InChI=1S/C21H20Cl2N2O2/c1-2-3-4-11-27-18-8-5-15(6-9-18)12-16(14-24)21(26)25-20-10-7-17(22)13-19(20)23/h5-10,12-13H,2-4,11H2,1H3,(H,25,26)/b16-12+. The van der Waals surface area contributed by atoms with Crippen molar-refractivity contribution in [2.24, 2.45) is 0 Å². The quantitative estimate of drug-likeness (QED) is 0.329. The van der Waals surface area contributed by atoms with Crippen LogP contribution in [0, 0.1) is 11.3 Å². The molecule has 2 aromatic carbocycles. The summed E-state index contributed by atoms with van der Waals surface area (Å²) in [6, 6.07) is 13.9. The summed E-state index contributed by atoms with van der Waals surface area (Å²) in [5.41, 5.74) is 1.09. The number of nitrogens with one attached hydrogen (secondary N) is 1. The van der Waals surface area contributed by atoms with E-state index < -0.39 is 5.91 Å². The third-order valence-corrected chi connectivity index (χ3v) is 4.30. The largest absolute Gasteiger partial charge is 0.494 e. The molecule has 1 N–H and O–H groups in total. The van der Waals surface area contributed by atoms with E-state index in [-0.39, 0.29) is 5.57 Å². The average molecular weight is 403 g/mol. The lowest BCUT2D eigenvalue weighted by molar-refractivity contribution is -0.112. The molecule has 2 rings (SSSR count). The van der Waals surface area contributed by atoms with Crippen LogP contribution in [0.1, 0.15) is 31.7 Å². The highest BCUT2D eigenvalue weighted by molar-refractivity contribution is 6.36. The van der Waals surface area contributed by atoms with Crippen molar-refractivity contribution in [3.63, 3.8) is 0 Å². The summed E-state index contributed by atoms with van der Waals surface area (Å²) in [5.74, 6) is 0.223. The summed E-state index contributed by atoms with van der Waals surface area (Å²) < 4.78 is 5.65. The fraction of sp³-hybridized carbons (Fsp3) is 0.238. The Labute approximate surface area is 169 Å². The van der Waals surface area contributed by atoms with Gasteiger partial charge in [0, 0.05) is 5.02 Å². The van der Waals surface area contributed by atoms with Crippen LogP contribution in [0.15, 0.2) is 48.0 Å². The van der Waals surface area contributed by atoms with E-state index in [1.165, 1.54) is 12.1 Å². The van der Waals surface area contributed by atoms with Crippen molar-refractivity contribution < 1.29 is 9.53 Å². The van der Waals surface area contributed by atoms with Crippen LogP contribution in [0.3, 0.4) is 0 Å². The van der Waals surface area contributed by atoms with Gasteiger partial charge in [0.05, 0.1) is 17.3 Å². The molecule has 0 radical (unpaired) electrons. The first-order valence-corrected chi connectivity index (χ1v) is 9.40. The summed E-state index contributed by atoms with van der Waals surface area (Å²) >= 11 is 11.9. The van der Waals surface area contributed by atoms with Crippen molar-refractivity contribution in [2.45, 2.75) is 26.2 Å². The molecule has 0 heterocycles. The van der Waals surface area contributed by atoms with Gasteiger partial charge in [-0.15, -0.1) is 0 Å². The number of nitrogens with zero attached hydrogens (tertiary/aromatic N) is 1. The number of rotatable bonds is 8. The Morgan fingerprint density at radius 1 is 1.19 bits per heavy atom. The molecule has 0 aliphatic carbocycles. The van der Waals surface area contributed by atoms with E-state index >= 15 is 0 Å². The summed E-state index contributed by atoms with van der Waals surface area (Å²) in [4.78, 5) is 12.3. The highest BCUT2D eigenvalue weighted by Crippen LogP contribution is 2.26. The summed E-state index contributed by atoms with van der Waals surface area (Å²) in [6.07, 6.45) is 4.82. The van der Waals surface area contributed by atoms with Crippen molar-refractivity contribution in [1.82, 2.24) is 0 Å². The normalized spacial score (nSPS) is 11.0. The molecule has 4 nitrogen and oxygen atoms in total. The zero-order chi connectivity index (χ0) is 19.6. The molecule has 0 saturated heterocycles. The third kappa shape index (κ3) is 6.63. The highest BCUT2D eigenvalue weighted by Gasteiger charge is 2.11. The maximum Gasteiger partial charge on any atom is 0.266 e. The zero-order valence-electron chi connectivity index (χ0n) is 15.0. The van der Waals surface area contributed by atoms with E-state index in [1.54, 1.807) is 24.3 Å². The van der Waals surface area contributed by atoms with Crippen LogP contribution in [-0.2, 0) is 4.79 Å². The second kappa shape index (κ2) is 10.6. The van der Waals surface area contributed by atoms with Gasteiger partial charge in [0.25, 0.3) is 5.91 Å². The van der Waals surface area contributed by atoms with Gasteiger partial charge in [0.2, 0.25) is 0 Å². The van der Waals surface area contributed by atoms with Crippen molar-refractivity contribution in [3.05, 3.63) is 63.6 Å². The summed E-state index contributed by atoms with van der Waals surface area (Å²) in [7, 11) is 0. The summed E-state index contributed by atoms with van der Waals surface area (Å²) in [6.45, 7) is 2.82. The summed E-state index contributed by atoms with van der Waals surface area (Å²) in [5, 5.41) is 12.7. The maximum atomic E-state index is 12.3. The van der Waals surface area contributed by atoms with Crippen molar-refractivity contribution in [2.75, 3.05) is 11.9 Å². The van der Waals surface area contributed by atoms with Crippen LogP contribution in [0.5, 0.6) is 5.75 Å². The third-order valence-electron chi connectivity index (χ3n) is 3.75. The molecule has 0 atom stereocenters. The van der Waals surface area contributed by atoms with Crippen LogP contribution < -0.4 is 10.1 Å². The lowest BCUT2D eigenvalue weighted by atomic mass is 10.1. The van der Waals surface area contributed by atoms with Gasteiger partial charge < -0.3 is 10.1 Å². The molecular weight excluding hydrogens is 383 g/mol. The molecule has 0 bridgehead atoms. The second-order valence-electron chi connectivity index (χ2n) is 5.87. The molecule has 0 unspecified atom stereocenters. The van der Waals surface area contributed by atoms with E-state index in [1.807, 2.05) is 18.2 Å². The van der Waals surface area contributed by atoms with Gasteiger partial charge in [-0.3, -0.25) is 4.79 Å². The minimum Gasteiger partial charge on any atom is -0.494 e. The molecule has 27 heavy (non-hydrogen) atoms. The fourth-order valence-corrected chi connectivity index (χ4v) is 2.75. The predicted molar refractivity (Wildman–Crippen MR) is 110 cm³/mol. The van der Waals surface area contributed by atoms with Gasteiger partial charge in [-0.25, -0.2) is 0 Å². The zero-order valence-corrected chi connectivity index (χ0v) is 16.5. The number of benzene rings is 2. The molecule has 140 valence electrons. The molecular formula is C21H20Cl2N2O2. The Morgan fingerprint density at radius 2 is 1.93 bits per heavy atom. The monoisotopic (exact) mass is 402 g/mol. The molecule has 6 heteroatoms. The smallest absolute Gasteiger partial charge is 0.266 e. The number of unbranched alkanes of at least 4 members (excludes halogenated alkanes) is 2. The molecule has 0 aromatic heterocycles. The van der Waals surface area contributed by atoms with E-state index in [0.29, 0.717) is 22.3 Å². The number of hydrogen-bond acceptors (Lipinski definition) is 3. The van der Waals surface area contributed by atoms with Crippen molar-refractivity contribution in [1.29, 1.82) is 5.26 Å². The van der Waals surface area contributed by atoms with Crippen LogP contribution in [0.4, 0.5) is 5.69 Å². The number of nitriles is 1. The molecule has 0 spiro atoms. The first kappa shape index (κ1) is 20.8. The van der Waals surface area contributed by atoms with Gasteiger partial charge >= 0.3 is 0 Å². The maximum absolute atomic E-state index is 12.3. The van der Waals surface area contributed by atoms with E-state index in [2.05, 4.69) is 12.2 Å². The molecule has 1 amide bonds. The van der Waals surface area contributed by atoms with Crippen LogP contribution in [0.2, 0.25) is 10.0 Å². The number of anilines is 1. The Balaban J connectivity index is 2.04. The predicted octanol–water partition coefficient (Wildman–Crippen LogP) is 6.11. The molecule has 2 aromatic rings. The number of carbonyl (C=O) groups is 1. The Bertz CT molecular complexity index is 855. The topological polar surface area (TPSA) is 62.1 Å². The molecule has 0 fully saturated rings. The first-order valence-electron chi connectivity index (χ1n) is 8.64. The van der Waals surface area contributed by atoms with Crippen molar-refractivity contribution >= 4 is 40.9 Å². The number of hydrogen-bond donors (Lipinski definition) is 1. The minimum atomic E-state index is -0.540. The number of ether oxygens (including phenoxy) is 1. The second-order valence-corrected chi connectivity index (χ2v) is 6.72. The van der Waals surface area contributed by atoms with Crippen molar-refractivity contribution in [3.8, 4) is 11.8 Å². The van der Waals surface area contributed by atoms with E-state index in [0.717, 1.165) is 30.6 Å². The van der Waals surface area contributed by atoms with E-state index in [4.69, 9.17) is 27.9 Å². The van der Waals surface area contributed by atoms with Gasteiger partial charge in [0.15, 0.2) is 0 Å². The van der Waals surface area contributed by atoms with Crippen LogP contribution >= 0.6 is 23.2 Å². The van der Waals surface area contributed by atoms with E-state index in [9.17, 15) is 10.1 Å². The number of amides is 1. The number of carbonyl (C=O) groups excluding carboxylic acids is 1. The lowest BCUT2D eigenvalue weighted by Crippen LogP contribution is -2.13. The van der Waals surface area contributed by atoms with Crippen LogP contribution in [-0.4, -0.2) is 12.5 Å². The SMILES string of the molecule is CCCCCOc1ccc(/C=C(\C#N)C(=O)Nc2ccc(Cl)cc2Cl)cc1. The Morgan fingerprint density at radius 3 is 2.56 bits per heavy atom. The Hall–Kier alpha value is -2.48. The minimum absolute atomic E-state index is 0.0300.